The van der Waals surface area contributed by atoms with E-state index in [0.717, 1.165) is 12.2 Å². The van der Waals surface area contributed by atoms with Gasteiger partial charge in [0.15, 0.2) is 0 Å². The van der Waals surface area contributed by atoms with Crippen LogP contribution in [0.15, 0.2) is 12.1 Å². The van der Waals surface area contributed by atoms with Crippen LogP contribution >= 0.6 is 0 Å². The van der Waals surface area contributed by atoms with Crippen LogP contribution in [0, 0.1) is 13.8 Å². The van der Waals surface area contributed by atoms with E-state index in [1.54, 1.807) is 7.11 Å². The van der Waals surface area contributed by atoms with Gasteiger partial charge in [-0.2, -0.15) is 0 Å². The molecule has 0 bridgehead atoms. The first-order chi connectivity index (χ1) is 7.58. The first-order valence-corrected chi connectivity index (χ1v) is 5.60. The molecule has 0 amide bonds. The summed E-state index contributed by atoms with van der Waals surface area (Å²) in [6.07, 6.45) is 1.17. The second-order valence-electron chi connectivity index (χ2n) is 4.17. The Bertz CT molecular complexity index is 327. The van der Waals surface area contributed by atoms with Crippen LogP contribution < -0.4 is 10.5 Å². The summed E-state index contributed by atoms with van der Waals surface area (Å²) in [5.74, 6) is 0.887. The third kappa shape index (κ3) is 3.22. The van der Waals surface area contributed by atoms with Gasteiger partial charge in [-0.05, 0) is 55.5 Å². The molecular weight excluding hydrogens is 202 g/mol. The van der Waals surface area contributed by atoms with E-state index in [-0.39, 0.29) is 0 Å². The summed E-state index contributed by atoms with van der Waals surface area (Å²) in [5.41, 5.74) is 9.09. The van der Waals surface area contributed by atoms with Crippen LogP contribution in [-0.2, 0) is 6.42 Å². The Labute approximate surface area is 97.2 Å². The molecule has 3 heteroatoms. The number of hydrogen-bond donors (Lipinski definition) is 2. The van der Waals surface area contributed by atoms with Crippen LogP contribution in [0.1, 0.15) is 23.1 Å². The number of hydrogen-bond acceptors (Lipinski definition) is 3. The molecule has 0 aromatic heterocycles. The molecule has 1 unspecified atom stereocenters. The summed E-state index contributed by atoms with van der Waals surface area (Å²) in [4.78, 5) is 0. The number of ether oxygens (including phenoxy) is 1. The summed E-state index contributed by atoms with van der Waals surface area (Å²) in [6.45, 7) is 4.47. The molecule has 0 aliphatic carbocycles. The maximum Gasteiger partial charge on any atom is 0.119 e. The highest BCUT2D eigenvalue weighted by molar-refractivity contribution is 5.41. The zero-order valence-electron chi connectivity index (χ0n) is 10.3. The average Bonchev–Trinajstić information content (AvgIpc) is 2.27. The van der Waals surface area contributed by atoms with E-state index in [0.29, 0.717) is 13.0 Å². The number of aliphatic hydroxyl groups is 1. The Morgan fingerprint density at radius 2 is 1.88 bits per heavy atom. The molecule has 16 heavy (non-hydrogen) atoms. The van der Waals surface area contributed by atoms with Gasteiger partial charge in [-0.1, -0.05) is 0 Å². The zero-order valence-corrected chi connectivity index (χ0v) is 10.3. The third-order valence-electron chi connectivity index (χ3n) is 2.90. The number of nitrogens with two attached hydrogens (primary N) is 1. The first kappa shape index (κ1) is 13.0. The highest BCUT2D eigenvalue weighted by Gasteiger charge is 2.08. The Balaban J connectivity index is 2.80. The Morgan fingerprint density at radius 1 is 1.31 bits per heavy atom. The number of methoxy groups -OCH3 is 1. The van der Waals surface area contributed by atoms with Crippen molar-refractivity contribution in [2.24, 2.45) is 5.73 Å². The van der Waals surface area contributed by atoms with E-state index >= 15 is 0 Å². The molecule has 3 N–H and O–H groups in total. The summed E-state index contributed by atoms with van der Waals surface area (Å²) >= 11 is 0. The lowest BCUT2D eigenvalue weighted by Crippen LogP contribution is -2.20. The van der Waals surface area contributed by atoms with E-state index in [2.05, 4.69) is 13.8 Å². The number of benzene rings is 1. The zero-order chi connectivity index (χ0) is 12.1. The van der Waals surface area contributed by atoms with Crippen LogP contribution in [0.5, 0.6) is 5.75 Å². The standard InChI is InChI=1S/C13H21NO2/c1-9-6-12(16-3)7-10(2)13(9)5-4-11(15)8-14/h6-7,11,15H,4-5,8,14H2,1-3H3. The third-order valence-corrected chi connectivity index (χ3v) is 2.90. The smallest absolute Gasteiger partial charge is 0.119 e. The molecule has 90 valence electrons. The predicted molar refractivity (Wildman–Crippen MR) is 65.9 cm³/mol. The van der Waals surface area contributed by atoms with Crippen molar-refractivity contribution in [2.75, 3.05) is 13.7 Å². The van der Waals surface area contributed by atoms with Gasteiger partial charge in [-0.3, -0.25) is 0 Å². The lowest BCUT2D eigenvalue weighted by atomic mass is 9.97. The van der Waals surface area contributed by atoms with Crippen LogP contribution in [0.4, 0.5) is 0 Å². The van der Waals surface area contributed by atoms with Crippen LogP contribution in [0.3, 0.4) is 0 Å². The minimum Gasteiger partial charge on any atom is -0.497 e. The normalized spacial score (nSPS) is 12.6. The molecule has 0 radical (unpaired) electrons. The topological polar surface area (TPSA) is 55.5 Å². The van der Waals surface area contributed by atoms with Gasteiger partial charge in [0.25, 0.3) is 0 Å². The van der Waals surface area contributed by atoms with E-state index in [4.69, 9.17) is 10.5 Å². The SMILES string of the molecule is COc1cc(C)c(CCC(O)CN)c(C)c1. The summed E-state index contributed by atoms with van der Waals surface area (Å²) in [6, 6.07) is 4.05. The molecule has 1 aromatic rings. The van der Waals surface area contributed by atoms with E-state index in [1.807, 2.05) is 12.1 Å². The van der Waals surface area contributed by atoms with Crippen molar-refractivity contribution in [3.63, 3.8) is 0 Å². The van der Waals surface area contributed by atoms with Gasteiger partial charge in [0.2, 0.25) is 0 Å². The van der Waals surface area contributed by atoms with Crippen molar-refractivity contribution >= 4 is 0 Å². The highest BCUT2D eigenvalue weighted by Crippen LogP contribution is 2.23. The predicted octanol–water partition coefficient (Wildman–Crippen LogP) is 1.56. The van der Waals surface area contributed by atoms with Gasteiger partial charge in [-0.25, -0.2) is 0 Å². The largest absolute Gasteiger partial charge is 0.497 e. The fraction of sp³-hybridized carbons (Fsp3) is 0.538. The number of aliphatic hydroxyl groups excluding tert-OH is 1. The van der Waals surface area contributed by atoms with Gasteiger partial charge in [-0.15, -0.1) is 0 Å². The second-order valence-corrected chi connectivity index (χ2v) is 4.17. The van der Waals surface area contributed by atoms with Crippen LogP contribution in [0.2, 0.25) is 0 Å². The van der Waals surface area contributed by atoms with Crippen molar-refractivity contribution < 1.29 is 9.84 Å². The monoisotopic (exact) mass is 223 g/mol. The average molecular weight is 223 g/mol. The van der Waals surface area contributed by atoms with E-state index < -0.39 is 6.10 Å². The van der Waals surface area contributed by atoms with Crippen molar-refractivity contribution in [1.82, 2.24) is 0 Å². The van der Waals surface area contributed by atoms with Crippen molar-refractivity contribution in [3.05, 3.63) is 28.8 Å². The first-order valence-electron chi connectivity index (χ1n) is 5.60. The quantitative estimate of drug-likeness (QED) is 0.796. The summed E-state index contributed by atoms with van der Waals surface area (Å²) < 4.78 is 5.21. The van der Waals surface area contributed by atoms with Gasteiger partial charge in [0.05, 0.1) is 13.2 Å². The molecular formula is C13H21NO2. The molecule has 0 spiro atoms. The molecule has 0 saturated carbocycles. The number of rotatable bonds is 5. The molecule has 3 nitrogen and oxygen atoms in total. The maximum absolute atomic E-state index is 9.45. The summed E-state index contributed by atoms with van der Waals surface area (Å²) in [7, 11) is 1.67. The Hall–Kier alpha value is -1.06. The maximum atomic E-state index is 9.45. The van der Waals surface area contributed by atoms with Crippen LogP contribution in [0.25, 0.3) is 0 Å². The lowest BCUT2D eigenvalue weighted by Gasteiger charge is -2.13. The minimum absolute atomic E-state index is 0.328. The molecule has 1 aromatic carbocycles. The molecule has 0 aliphatic rings. The van der Waals surface area contributed by atoms with Gasteiger partial charge in [0, 0.05) is 6.54 Å². The van der Waals surface area contributed by atoms with Crippen molar-refractivity contribution in [3.8, 4) is 5.75 Å². The van der Waals surface area contributed by atoms with Gasteiger partial charge >= 0.3 is 0 Å². The molecule has 0 saturated heterocycles. The summed E-state index contributed by atoms with van der Waals surface area (Å²) in [5, 5.41) is 9.45. The highest BCUT2D eigenvalue weighted by atomic mass is 16.5. The van der Waals surface area contributed by atoms with Gasteiger partial charge < -0.3 is 15.6 Å². The fourth-order valence-electron chi connectivity index (χ4n) is 1.89. The van der Waals surface area contributed by atoms with Crippen LogP contribution in [-0.4, -0.2) is 24.9 Å². The molecule has 1 atom stereocenters. The minimum atomic E-state index is -0.402. The molecule has 0 aliphatic heterocycles. The molecule has 0 fully saturated rings. The molecule has 0 heterocycles. The fourth-order valence-corrected chi connectivity index (χ4v) is 1.89. The number of aryl methyl sites for hydroxylation is 2. The second kappa shape index (κ2) is 5.87. The van der Waals surface area contributed by atoms with Crippen molar-refractivity contribution in [1.29, 1.82) is 0 Å². The van der Waals surface area contributed by atoms with E-state index in [9.17, 15) is 5.11 Å². The Morgan fingerprint density at radius 3 is 2.31 bits per heavy atom. The van der Waals surface area contributed by atoms with E-state index in [1.165, 1.54) is 16.7 Å². The Kier molecular flexibility index (Phi) is 4.77. The van der Waals surface area contributed by atoms with Gasteiger partial charge in [0.1, 0.15) is 5.75 Å². The van der Waals surface area contributed by atoms with Crippen molar-refractivity contribution in [2.45, 2.75) is 32.8 Å². The molecule has 1 rings (SSSR count). The lowest BCUT2D eigenvalue weighted by molar-refractivity contribution is 0.173.